The predicted octanol–water partition coefficient (Wildman–Crippen LogP) is 2.55. The predicted molar refractivity (Wildman–Crippen MR) is 107 cm³/mol. The highest BCUT2D eigenvalue weighted by Crippen LogP contribution is 2.22. The van der Waals surface area contributed by atoms with E-state index in [0.29, 0.717) is 11.3 Å². The zero-order chi connectivity index (χ0) is 21.9. The summed E-state index contributed by atoms with van der Waals surface area (Å²) in [7, 11) is -4.07. The molecule has 30 heavy (non-hydrogen) atoms. The number of amides is 1. The molecular weight excluding hydrogens is 411 g/mol. The van der Waals surface area contributed by atoms with Crippen LogP contribution in [0, 0.1) is 12.7 Å². The van der Waals surface area contributed by atoms with Gasteiger partial charge in [0, 0.05) is 11.3 Å². The number of nitrogens with one attached hydrogen (secondary N) is 2. The molecule has 0 radical (unpaired) electrons. The normalized spacial score (nSPS) is 11.0. The highest BCUT2D eigenvalue weighted by atomic mass is 32.2. The lowest BCUT2D eigenvalue weighted by molar-refractivity contribution is -0.255. The number of carboxylic acids is 1. The monoisotopic (exact) mass is 427 g/mol. The molecule has 0 bridgehead atoms. The molecule has 154 valence electrons. The SMILES string of the molecule is Cc1ccc(C(=O)Nc2ccc(C(=O)[O-])cc2)cc1S(=O)(=O)Nc1cccc(F)c1. The number of sulfonamides is 1. The van der Waals surface area contributed by atoms with E-state index in [4.69, 9.17) is 0 Å². The maximum atomic E-state index is 13.3. The molecule has 0 aliphatic rings. The number of halogens is 1. The molecule has 0 aliphatic carbocycles. The van der Waals surface area contributed by atoms with Gasteiger partial charge in [0.1, 0.15) is 5.82 Å². The van der Waals surface area contributed by atoms with E-state index >= 15 is 0 Å². The van der Waals surface area contributed by atoms with Crippen molar-refractivity contribution >= 4 is 33.3 Å². The molecular formula is C21H16FN2O5S-. The maximum absolute atomic E-state index is 13.3. The van der Waals surface area contributed by atoms with Gasteiger partial charge in [-0.1, -0.05) is 24.3 Å². The van der Waals surface area contributed by atoms with Crippen molar-refractivity contribution in [1.29, 1.82) is 0 Å². The Morgan fingerprint density at radius 3 is 2.20 bits per heavy atom. The van der Waals surface area contributed by atoms with Crippen LogP contribution in [0.3, 0.4) is 0 Å². The van der Waals surface area contributed by atoms with E-state index in [0.717, 1.165) is 6.07 Å². The Kier molecular flexibility index (Phi) is 5.84. The van der Waals surface area contributed by atoms with Crippen LogP contribution in [0.2, 0.25) is 0 Å². The molecule has 0 spiro atoms. The van der Waals surface area contributed by atoms with E-state index in [2.05, 4.69) is 10.0 Å². The summed E-state index contributed by atoms with van der Waals surface area (Å²) in [6.07, 6.45) is 0. The van der Waals surface area contributed by atoms with Gasteiger partial charge in [0.15, 0.2) is 0 Å². The first-order valence-corrected chi connectivity index (χ1v) is 10.2. The summed E-state index contributed by atoms with van der Waals surface area (Å²) in [5, 5.41) is 13.3. The van der Waals surface area contributed by atoms with Gasteiger partial charge in [-0.05, 0) is 60.5 Å². The summed E-state index contributed by atoms with van der Waals surface area (Å²) >= 11 is 0. The number of aryl methyl sites for hydroxylation is 1. The molecule has 0 unspecified atom stereocenters. The first-order chi connectivity index (χ1) is 14.2. The standard InChI is InChI=1S/C21H17FN2O5S/c1-13-5-6-15(20(25)23-17-9-7-14(8-10-17)21(26)27)11-19(13)30(28,29)24-18-4-2-3-16(22)12-18/h2-12,24H,1H3,(H,23,25)(H,26,27)/p-1. The Hall–Kier alpha value is -3.72. The molecule has 3 rings (SSSR count). The van der Waals surface area contributed by atoms with Crippen LogP contribution in [0.5, 0.6) is 0 Å². The van der Waals surface area contributed by atoms with Crippen LogP contribution in [-0.2, 0) is 10.0 Å². The molecule has 2 N–H and O–H groups in total. The Bertz CT molecular complexity index is 1220. The van der Waals surface area contributed by atoms with Crippen LogP contribution in [0.25, 0.3) is 0 Å². The number of benzene rings is 3. The number of hydrogen-bond donors (Lipinski definition) is 2. The Balaban J connectivity index is 1.85. The van der Waals surface area contributed by atoms with E-state index in [-0.39, 0.29) is 21.7 Å². The van der Waals surface area contributed by atoms with Crippen LogP contribution >= 0.6 is 0 Å². The molecule has 1 amide bonds. The summed E-state index contributed by atoms with van der Waals surface area (Å²) in [6, 6.07) is 14.5. The lowest BCUT2D eigenvalue weighted by Gasteiger charge is -2.12. The number of carboxylic acid groups (broad SMARTS) is 1. The molecule has 0 atom stereocenters. The smallest absolute Gasteiger partial charge is 0.262 e. The zero-order valence-electron chi connectivity index (χ0n) is 15.7. The van der Waals surface area contributed by atoms with Gasteiger partial charge >= 0.3 is 0 Å². The molecule has 0 saturated carbocycles. The van der Waals surface area contributed by atoms with Crippen LogP contribution in [0.4, 0.5) is 15.8 Å². The van der Waals surface area contributed by atoms with Gasteiger partial charge in [-0.3, -0.25) is 9.52 Å². The maximum Gasteiger partial charge on any atom is 0.262 e. The van der Waals surface area contributed by atoms with Crippen LogP contribution < -0.4 is 15.1 Å². The van der Waals surface area contributed by atoms with Crippen LogP contribution in [0.1, 0.15) is 26.3 Å². The lowest BCUT2D eigenvalue weighted by atomic mass is 10.1. The van der Waals surface area contributed by atoms with Gasteiger partial charge in [-0.25, -0.2) is 12.8 Å². The van der Waals surface area contributed by atoms with Gasteiger partial charge in [0.05, 0.1) is 16.6 Å². The average Bonchev–Trinajstić information content (AvgIpc) is 2.68. The Labute approximate surface area is 172 Å². The second-order valence-corrected chi connectivity index (χ2v) is 8.07. The minimum absolute atomic E-state index is 0.0415. The number of carbonyl (C=O) groups excluding carboxylic acids is 2. The Morgan fingerprint density at radius 1 is 0.900 bits per heavy atom. The number of carbonyl (C=O) groups is 2. The van der Waals surface area contributed by atoms with Gasteiger partial charge < -0.3 is 15.2 Å². The van der Waals surface area contributed by atoms with E-state index in [1.54, 1.807) is 6.92 Å². The summed E-state index contributed by atoms with van der Waals surface area (Å²) in [5.74, 6) is -2.52. The summed E-state index contributed by atoms with van der Waals surface area (Å²) in [4.78, 5) is 23.2. The van der Waals surface area contributed by atoms with Crippen molar-refractivity contribution in [2.45, 2.75) is 11.8 Å². The molecule has 0 aromatic heterocycles. The largest absolute Gasteiger partial charge is 0.545 e. The fourth-order valence-electron chi connectivity index (χ4n) is 2.69. The van der Waals surface area contributed by atoms with Crippen molar-refractivity contribution in [1.82, 2.24) is 0 Å². The minimum Gasteiger partial charge on any atom is -0.545 e. The third-order valence-electron chi connectivity index (χ3n) is 4.20. The lowest BCUT2D eigenvalue weighted by Crippen LogP contribution is -2.22. The van der Waals surface area contributed by atoms with Crippen molar-refractivity contribution in [2.24, 2.45) is 0 Å². The average molecular weight is 427 g/mol. The Morgan fingerprint density at radius 2 is 1.57 bits per heavy atom. The van der Waals surface area contributed by atoms with E-state index in [1.807, 2.05) is 0 Å². The zero-order valence-corrected chi connectivity index (χ0v) is 16.5. The van der Waals surface area contributed by atoms with Crippen molar-refractivity contribution in [3.8, 4) is 0 Å². The fraction of sp³-hybridized carbons (Fsp3) is 0.0476. The van der Waals surface area contributed by atoms with Gasteiger partial charge in [-0.15, -0.1) is 0 Å². The highest BCUT2D eigenvalue weighted by molar-refractivity contribution is 7.92. The van der Waals surface area contributed by atoms with Crippen molar-refractivity contribution < 1.29 is 27.5 Å². The molecule has 9 heteroatoms. The highest BCUT2D eigenvalue weighted by Gasteiger charge is 2.20. The third kappa shape index (κ3) is 4.81. The van der Waals surface area contributed by atoms with Gasteiger partial charge in [-0.2, -0.15) is 0 Å². The summed E-state index contributed by atoms with van der Waals surface area (Å²) in [6.45, 7) is 1.57. The summed E-state index contributed by atoms with van der Waals surface area (Å²) in [5.41, 5.74) is 0.809. The van der Waals surface area contributed by atoms with Crippen molar-refractivity contribution in [3.05, 3.63) is 89.2 Å². The number of aromatic carboxylic acids is 1. The number of anilines is 2. The van der Waals surface area contributed by atoms with Gasteiger partial charge in [0.2, 0.25) is 0 Å². The quantitative estimate of drug-likeness (QED) is 0.627. The molecule has 0 fully saturated rings. The molecule has 0 aliphatic heterocycles. The number of hydrogen-bond acceptors (Lipinski definition) is 5. The fourth-order valence-corrected chi connectivity index (χ4v) is 4.01. The van der Waals surface area contributed by atoms with Crippen LogP contribution in [-0.4, -0.2) is 20.3 Å². The van der Waals surface area contributed by atoms with Crippen molar-refractivity contribution in [2.75, 3.05) is 10.0 Å². The molecule has 0 heterocycles. The molecule has 3 aromatic carbocycles. The van der Waals surface area contributed by atoms with E-state index < -0.39 is 27.7 Å². The van der Waals surface area contributed by atoms with Crippen LogP contribution in [0.15, 0.2) is 71.6 Å². The summed E-state index contributed by atoms with van der Waals surface area (Å²) < 4.78 is 41.1. The molecule has 0 saturated heterocycles. The molecule has 7 nitrogen and oxygen atoms in total. The second-order valence-electron chi connectivity index (χ2n) is 6.42. The third-order valence-corrected chi connectivity index (χ3v) is 5.72. The van der Waals surface area contributed by atoms with E-state index in [9.17, 15) is 27.5 Å². The second kappa shape index (κ2) is 8.34. The number of rotatable bonds is 6. The van der Waals surface area contributed by atoms with Gasteiger partial charge in [0.25, 0.3) is 15.9 Å². The molecule has 3 aromatic rings. The topological polar surface area (TPSA) is 115 Å². The van der Waals surface area contributed by atoms with E-state index in [1.165, 1.54) is 60.7 Å². The van der Waals surface area contributed by atoms with Crippen molar-refractivity contribution in [3.63, 3.8) is 0 Å². The minimum atomic E-state index is -4.07. The first kappa shape index (κ1) is 21.0. The first-order valence-electron chi connectivity index (χ1n) is 8.67.